The van der Waals surface area contributed by atoms with Crippen LogP contribution >= 0.6 is 0 Å². The first-order valence-electron chi connectivity index (χ1n) is 9.35. The zero-order valence-corrected chi connectivity index (χ0v) is 19.5. The summed E-state index contributed by atoms with van der Waals surface area (Å²) in [6, 6.07) is 25.1. The average Bonchev–Trinajstić information content (AvgIpc) is 2.69. The van der Waals surface area contributed by atoms with E-state index in [2.05, 4.69) is 68.6 Å². The van der Waals surface area contributed by atoms with Crippen LogP contribution in [-0.2, 0) is 24.9 Å². The van der Waals surface area contributed by atoms with Crippen molar-refractivity contribution < 1.29 is 34.6 Å². The molecule has 0 atom stereocenters. The third-order valence-corrected chi connectivity index (χ3v) is 4.62. The van der Waals surface area contributed by atoms with Crippen molar-refractivity contribution in [3.05, 3.63) is 104 Å². The molecule has 1 N–H and O–H groups in total. The van der Waals surface area contributed by atoms with E-state index in [4.69, 9.17) is 5.11 Å². The Bertz CT molecular complexity index is 1220. The Labute approximate surface area is 191 Å². The van der Waals surface area contributed by atoms with Gasteiger partial charge in [-0.3, -0.25) is 4.79 Å². The minimum Gasteiger partial charge on any atom is -0.512 e. The Kier molecular flexibility index (Phi) is 7.82. The van der Waals surface area contributed by atoms with Crippen LogP contribution < -0.4 is 4.57 Å². The van der Waals surface area contributed by atoms with Crippen molar-refractivity contribution in [2.75, 3.05) is 0 Å². The molecule has 3 aromatic carbocycles. The van der Waals surface area contributed by atoms with Gasteiger partial charge in [0.2, 0.25) is 0 Å². The fraction of sp³-hybridized carbons (Fsp3) is 0.0769. The molecule has 0 spiro atoms. The Morgan fingerprint density at radius 1 is 0.867 bits per heavy atom. The zero-order chi connectivity index (χ0) is 21.0. The maximum absolute atomic E-state index is 10.0. The summed E-state index contributed by atoms with van der Waals surface area (Å²) in [5.41, 5.74) is 4.37. The van der Waals surface area contributed by atoms with Crippen molar-refractivity contribution in [1.29, 1.82) is 0 Å². The smallest absolute Gasteiger partial charge is 0.155 e. The van der Waals surface area contributed by atoms with Gasteiger partial charge in [0.05, 0.1) is 11.5 Å². The molecule has 0 fully saturated rings. The minimum atomic E-state index is -0.125. The maximum atomic E-state index is 10.0. The van der Waals surface area contributed by atoms with E-state index in [9.17, 15) is 4.79 Å². The number of ketones is 1. The fourth-order valence-electron chi connectivity index (χ4n) is 3.46. The minimum absolute atomic E-state index is 0. The molecule has 0 aliphatic heterocycles. The molecule has 0 bridgehead atoms. The molecule has 0 saturated carbocycles. The van der Waals surface area contributed by atoms with Gasteiger partial charge in [-0.1, -0.05) is 48.5 Å². The van der Waals surface area contributed by atoms with Gasteiger partial charge >= 0.3 is 0 Å². The molecule has 1 aromatic heterocycles. The van der Waals surface area contributed by atoms with Crippen LogP contribution in [0.2, 0.25) is 0 Å². The van der Waals surface area contributed by atoms with Crippen LogP contribution in [0.25, 0.3) is 32.9 Å². The van der Waals surface area contributed by atoms with Gasteiger partial charge in [0.1, 0.15) is 5.52 Å². The van der Waals surface area contributed by atoms with E-state index in [1.165, 1.54) is 36.1 Å². The van der Waals surface area contributed by atoms with Crippen LogP contribution in [0, 0.1) is 14.0 Å². The van der Waals surface area contributed by atoms with Crippen LogP contribution in [0.15, 0.2) is 84.6 Å². The first-order valence-corrected chi connectivity index (χ1v) is 9.35. The summed E-state index contributed by atoms with van der Waals surface area (Å²) in [7, 11) is 4.31. The molecule has 1 radical (unpaired) electrons. The Balaban J connectivity index is 0.000000350. The molecule has 155 valence electrons. The summed E-state index contributed by atoms with van der Waals surface area (Å²) in [6.07, 6.45) is 1.17. The number of hydrogen-bond donors (Lipinski definition) is 1. The SMILES string of the molecule is CC(=O)C=C(C)O.[CH2-]c1ccccc1-c1c2ccccc2c2ccccc2[n+]1[CH2-].[Ir]. The van der Waals surface area contributed by atoms with Gasteiger partial charge in [-0.25, -0.2) is 0 Å². The van der Waals surface area contributed by atoms with Crippen LogP contribution in [0.4, 0.5) is 0 Å². The first-order chi connectivity index (χ1) is 13.9. The Morgan fingerprint density at radius 2 is 1.40 bits per heavy atom. The van der Waals surface area contributed by atoms with E-state index in [1.54, 1.807) is 0 Å². The standard InChI is InChI=1S/C21H16N.C5H8O2.Ir/c1-15-9-3-4-10-16(15)21-19-13-6-5-11-17(19)18-12-7-8-14-20(18)22(21)2;1-4(6)3-5(2)7;/h3-14H,1-2H2;3,6H,1-2H3;/q-1;;. The van der Waals surface area contributed by atoms with E-state index in [1.807, 2.05) is 22.8 Å². The van der Waals surface area contributed by atoms with E-state index in [-0.39, 0.29) is 31.6 Å². The van der Waals surface area contributed by atoms with Gasteiger partial charge in [-0.05, 0) is 36.1 Å². The normalized spacial score (nSPS) is 10.8. The second-order valence-corrected chi connectivity index (χ2v) is 6.89. The van der Waals surface area contributed by atoms with Gasteiger partial charge in [-0.2, -0.15) is 18.6 Å². The molecule has 4 aromatic rings. The van der Waals surface area contributed by atoms with Crippen molar-refractivity contribution in [2.45, 2.75) is 13.8 Å². The topological polar surface area (TPSA) is 41.2 Å². The van der Waals surface area contributed by atoms with Crippen molar-refractivity contribution in [3.8, 4) is 11.3 Å². The summed E-state index contributed by atoms with van der Waals surface area (Å²) in [5.74, 6) is -0.0625. The maximum Gasteiger partial charge on any atom is 0.155 e. The van der Waals surface area contributed by atoms with Crippen molar-refractivity contribution >= 4 is 27.5 Å². The monoisotopic (exact) mass is 575 g/mol. The summed E-state index contributed by atoms with van der Waals surface area (Å²) >= 11 is 0. The number of carbonyl (C=O) groups excluding carboxylic acids is 1. The molecular formula is C26H24IrNO2-. The van der Waals surface area contributed by atoms with Gasteiger partial charge in [0, 0.05) is 33.2 Å². The number of para-hydroxylation sites is 1. The summed E-state index contributed by atoms with van der Waals surface area (Å²) in [5, 5.41) is 12.0. The molecule has 0 saturated heterocycles. The Hall–Kier alpha value is -3.07. The van der Waals surface area contributed by atoms with E-state index in [0.717, 1.165) is 22.3 Å². The van der Waals surface area contributed by atoms with E-state index < -0.39 is 0 Å². The van der Waals surface area contributed by atoms with Crippen LogP contribution in [-0.4, -0.2) is 10.9 Å². The number of benzene rings is 3. The van der Waals surface area contributed by atoms with E-state index >= 15 is 0 Å². The number of hydrogen-bond acceptors (Lipinski definition) is 2. The molecule has 30 heavy (non-hydrogen) atoms. The van der Waals surface area contributed by atoms with Gasteiger partial charge in [-0.15, -0.1) is 17.7 Å². The second-order valence-electron chi connectivity index (χ2n) is 6.89. The van der Waals surface area contributed by atoms with Crippen molar-refractivity contribution in [2.24, 2.45) is 0 Å². The largest absolute Gasteiger partial charge is 0.512 e. The first kappa shape index (κ1) is 23.2. The molecule has 1 heterocycles. The molecule has 4 rings (SSSR count). The van der Waals surface area contributed by atoms with Gasteiger partial charge < -0.3 is 9.67 Å². The predicted octanol–water partition coefficient (Wildman–Crippen LogP) is 5.80. The predicted molar refractivity (Wildman–Crippen MR) is 119 cm³/mol. The number of aliphatic hydroxyl groups excluding tert-OH is 1. The molecule has 0 amide bonds. The number of pyridine rings is 1. The number of fused-ring (bicyclic) bond motifs is 3. The number of nitrogens with zero attached hydrogens (tertiary/aromatic N) is 1. The number of allylic oxidation sites excluding steroid dienone is 2. The van der Waals surface area contributed by atoms with Crippen LogP contribution in [0.1, 0.15) is 19.4 Å². The third kappa shape index (κ3) is 4.91. The number of rotatable bonds is 2. The second kappa shape index (κ2) is 10.1. The summed E-state index contributed by atoms with van der Waals surface area (Å²) in [6.45, 7) is 7.03. The van der Waals surface area contributed by atoms with Crippen LogP contribution in [0.5, 0.6) is 0 Å². The average molecular weight is 575 g/mol. The molecule has 0 aliphatic rings. The number of aromatic nitrogens is 1. The number of carbonyl (C=O) groups is 1. The molecule has 4 heteroatoms. The molecular weight excluding hydrogens is 551 g/mol. The van der Waals surface area contributed by atoms with Crippen molar-refractivity contribution in [3.63, 3.8) is 0 Å². The van der Waals surface area contributed by atoms with Crippen molar-refractivity contribution in [1.82, 2.24) is 0 Å². The quantitative estimate of drug-likeness (QED) is 0.108. The van der Waals surface area contributed by atoms with Gasteiger partial charge in [0.25, 0.3) is 0 Å². The summed E-state index contributed by atoms with van der Waals surface area (Å²) < 4.78 is 2.03. The Morgan fingerprint density at radius 3 is 1.97 bits per heavy atom. The van der Waals surface area contributed by atoms with Crippen LogP contribution in [0.3, 0.4) is 0 Å². The third-order valence-electron chi connectivity index (χ3n) is 4.62. The number of aliphatic hydroxyl groups is 1. The zero-order valence-electron chi connectivity index (χ0n) is 17.1. The fourth-order valence-corrected chi connectivity index (χ4v) is 3.46. The molecule has 0 unspecified atom stereocenters. The summed E-state index contributed by atoms with van der Waals surface area (Å²) in [4.78, 5) is 10.0. The van der Waals surface area contributed by atoms with E-state index in [0.29, 0.717) is 0 Å². The molecule has 0 aliphatic carbocycles. The molecule has 3 nitrogen and oxygen atoms in total. The van der Waals surface area contributed by atoms with Gasteiger partial charge in [0.15, 0.2) is 5.78 Å².